The fourth-order valence-corrected chi connectivity index (χ4v) is 4.86. The summed E-state index contributed by atoms with van der Waals surface area (Å²) in [6, 6.07) is 8.44. The van der Waals surface area contributed by atoms with Crippen molar-refractivity contribution in [3.8, 4) is 0 Å². The van der Waals surface area contributed by atoms with Gasteiger partial charge >= 0.3 is 0 Å². The van der Waals surface area contributed by atoms with Gasteiger partial charge in [-0.05, 0) is 66.5 Å². The molecule has 6 nitrogen and oxygen atoms in total. The molecule has 2 heterocycles. The van der Waals surface area contributed by atoms with E-state index in [1.807, 2.05) is 20.8 Å². The summed E-state index contributed by atoms with van der Waals surface area (Å²) in [5.41, 5.74) is 7.90. The number of aryl methyl sites for hydroxylation is 4. The van der Waals surface area contributed by atoms with Crippen molar-refractivity contribution in [3.05, 3.63) is 82.0 Å². The highest BCUT2D eigenvalue weighted by Crippen LogP contribution is 2.33. The molecule has 2 aliphatic rings. The van der Waals surface area contributed by atoms with E-state index in [4.69, 9.17) is 4.74 Å². The summed E-state index contributed by atoms with van der Waals surface area (Å²) in [5.74, 6) is -0.658. The van der Waals surface area contributed by atoms with Crippen LogP contribution in [0.25, 0.3) is 0 Å². The first-order valence-electron chi connectivity index (χ1n) is 11.7. The van der Waals surface area contributed by atoms with E-state index in [1.54, 1.807) is 17.1 Å². The molecule has 0 unspecified atom stereocenters. The van der Waals surface area contributed by atoms with E-state index in [9.17, 15) is 14.4 Å². The predicted octanol–water partition coefficient (Wildman–Crippen LogP) is 4.33. The number of nitrogens with zero attached hydrogens (tertiary/aromatic N) is 2. The van der Waals surface area contributed by atoms with Crippen molar-refractivity contribution in [3.63, 3.8) is 0 Å². The molecule has 0 atom stereocenters. The Morgan fingerprint density at radius 1 is 0.765 bits per heavy atom. The Morgan fingerprint density at radius 3 is 1.91 bits per heavy atom. The monoisotopic (exact) mass is 458 g/mol. The molecule has 0 bridgehead atoms. The van der Waals surface area contributed by atoms with Crippen LogP contribution in [0.3, 0.4) is 0 Å². The Labute approximate surface area is 200 Å². The molecule has 0 aromatic heterocycles. The van der Waals surface area contributed by atoms with E-state index in [1.165, 1.54) is 17.1 Å². The third kappa shape index (κ3) is 4.46. The average Bonchev–Trinajstić information content (AvgIpc) is 2.99. The van der Waals surface area contributed by atoms with Crippen molar-refractivity contribution in [2.24, 2.45) is 0 Å². The van der Waals surface area contributed by atoms with Gasteiger partial charge in [0.1, 0.15) is 6.73 Å². The van der Waals surface area contributed by atoms with Crippen LogP contribution in [0.4, 0.5) is 11.4 Å². The lowest BCUT2D eigenvalue weighted by atomic mass is 9.93. The van der Waals surface area contributed by atoms with E-state index in [0.29, 0.717) is 25.1 Å². The molecule has 4 rings (SSSR count). The highest BCUT2D eigenvalue weighted by Gasteiger charge is 2.28. The van der Waals surface area contributed by atoms with Gasteiger partial charge in [-0.3, -0.25) is 19.3 Å². The summed E-state index contributed by atoms with van der Waals surface area (Å²) in [7, 11) is 0. The van der Waals surface area contributed by atoms with Crippen LogP contribution in [0.1, 0.15) is 47.2 Å². The molecule has 0 N–H and O–H groups in total. The van der Waals surface area contributed by atoms with Crippen LogP contribution in [0.2, 0.25) is 0 Å². The molecule has 2 aromatic rings. The zero-order chi connectivity index (χ0) is 24.4. The summed E-state index contributed by atoms with van der Waals surface area (Å²) in [4.78, 5) is 40.1. The van der Waals surface area contributed by atoms with Crippen molar-refractivity contribution in [2.45, 2.75) is 47.0 Å². The Bertz CT molecular complexity index is 1210. The zero-order valence-corrected chi connectivity index (χ0v) is 20.2. The topological polar surface area (TPSA) is 66.9 Å². The van der Waals surface area contributed by atoms with Crippen molar-refractivity contribution >= 4 is 29.1 Å². The normalized spacial score (nSPS) is 16.1. The predicted molar refractivity (Wildman–Crippen MR) is 133 cm³/mol. The fraction of sp³-hybridized carbons (Fsp3) is 0.321. The zero-order valence-electron chi connectivity index (χ0n) is 20.2. The maximum Gasteiger partial charge on any atom is 0.258 e. The van der Waals surface area contributed by atoms with Gasteiger partial charge in [-0.15, -0.1) is 0 Å². The molecular formula is C28H30N2O4. The third-order valence-corrected chi connectivity index (χ3v) is 6.31. The first-order valence-corrected chi connectivity index (χ1v) is 11.7. The molecule has 2 aliphatic heterocycles. The van der Waals surface area contributed by atoms with Crippen LogP contribution < -0.4 is 9.80 Å². The van der Waals surface area contributed by atoms with Crippen LogP contribution in [0.15, 0.2) is 48.6 Å². The van der Waals surface area contributed by atoms with Gasteiger partial charge in [0, 0.05) is 18.2 Å². The Balaban J connectivity index is 1.68. The molecule has 0 saturated heterocycles. The second kappa shape index (κ2) is 9.77. The van der Waals surface area contributed by atoms with Crippen molar-refractivity contribution in [2.75, 3.05) is 23.1 Å². The van der Waals surface area contributed by atoms with Gasteiger partial charge in [0.2, 0.25) is 0 Å². The van der Waals surface area contributed by atoms with Crippen LogP contribution >= 0.6 is 0 Å². The van der Waals surface area contributed by atoms with Crippen molar-refractivity contribution in [1.29, 1.82) is 0 Å². The largest absolute Gasteiger partial charge is 0.357 e. The van der Waals surface area contributed by atoms with Gasteiger partial charge in [0.25, 0.3) is 17.7 Å². The number of imide groups is 1. The molecule has 0 saturated carbocycles. The Morgan fingerprint density at radius 2 is 1.32 bits per heavy atom. The van der Waals surface area contributed by atoms with Crippen LogP contribution in [-0.2, 0) is 38.4 Å². The van der Waals surface area contributed by atoms with Gasteiger partial charge in [-0.1, -0.05) is 44.2 Å². The van der Waals surface area contributed by atoms with E-state index in [0.717, 1.165) is 45.5 Å². The highest BCUT2D eigenvalue weighted by molar-refractivity contribution is 6.28. The summed E-state index contributed by atoms with van der Waals surface area (Å²) in [5, 5.41) is 0. The summed E-state index contributed by atoms with van der Waals surface area (Å²) >= 11 is 0. The smallest absolute Gasteiger partial charge is 0.258 e. The fourth-order valence-electron chi connectivity index (χ4n) is 4.86. The van der Waals surface area contributed by atoms with Gasteiger partial charge in [-0.25, -0.2) is 4.90 Å². The lowest BCUT2D eigenvalue weighted by Gasteiger charge is -2.25. The molecule has 0 aliphatic carbocycles. The highest BCUT2D eigenvalue weighted by atomic mass is 16.5. The Hall–Kier alpha value is -3.51. The quantitative estimate of drug-likeness (QED) is 0.605. The number of carbonyl (C=O) groups excluding carboxylic acids is 3. The number of anilines is 2. The minimum absolute atomic E-state index is 0.0673. The van der Waals surface area contributed by atoms with E-state index in [2.05, 4.69) is 31.2 Å². The van der Waals surface area contributed by atoms with Gasteiger partial charge < -0.3 is 4.74 Å². The second-order valence-electron chi connectivity index (χ2n) is 8.74. The van der Waals surface area contributed by atoms with E-state index < -0.39 is 0 Å². The lowest BCUT2D eigenvalue weighted by molar-refractivity contribution is -0.120. The number of hydrogen-bond acceptors (Lipinski definition) is 4. The first kappa shape index (κ1) is 23.6. The molecule has 2 aromatic carbocycles. The maximum absolute atomic E-state index is 12.6. The Kier molecular flexibility index (Phi) is 6.80. The SMILES string of the molecule is CCc1cc(Cc2cc(C)c(N3C(=O)C=CC3=O)c(CC)c2)cc(C)c1N1COCC=CC1=O. The molecule has 176 valence electrons. The minimum atomic E-state index is -0.295. The van der Waals surface area contributed by atoms with Crippen LogP contribution in [-0.4, -0.2) is 31.1 Å². The minimum Gasteiger partial charge on any atom is -0.357 e. The summed E-state index contributed by atoms with van der Waals surface area (Å²) < 4.78 is 5.58. The number of amides is 3. The van der Waals surface area contributed by atoms with Crippen molar-refractivity contribution < 1.29 is 19.1 Å². The van der Waals surface area contributed by atoms with E-state index >= 15 is 0 Å². The van der Waals surface area contributed by atoms with Crippen LogP contribution in [0, 0.1) is 13.8 Å². The summed E-state index contributed by atoms with van der Waals surface area (Å²) in [6.07, 6.45) is 8.18. The number of carbonyl (C=O) groups is 3. The number of rotatable bonds is 6. The van der Waals surface area contributed by atoms with Gasteiger partial charge in [0.15, 0.2) is 0 Å². The van der Waals surface area contributed by atoms with Crippen LogP contribution in [0.5, 0.6) is 0 Å². The lowest BCUT2D eigenvalue weighted by Crippen LogP contribution is -2.32. The molecule has 0 fully saturated rings. The van der Waals surface area contributed by atoms with Gasteiger partial charge in [0.05, 0.1) is 18.0 Å². The van der Waals surface area contributed by atoms with E-state index in [-0.39, 0.29) is 24.5 Å². The molecule has 34 heavy (non-hydrogen) atoms. The third-order valence-electron chi connectivity index (χ3n) is 6.31. The van der Waals surface area contributed by atoms with Gasteiger partial charge in [-0.2, -0.15) is 0 Å². The van der Waals surface area contributed by atoms with Crippen molar-refractivity contribution in [1.82, 2.24) is 0 Å². The standard InChI is InChI=1S/C28H30N2O4/c1-5-22-15-20(12-18(3)27(22)29-17-34-11-7-8-24(29)31)14-21-13-19(4)28(23(6-2)16-21)30-25(32)9-10-26(30)33/h7-10,12-13,15-16H,5-6,11,14,17H2,1-4H3. The summed E-state index contributed by atoms with van der Waals surface area (Å²) in [6.45, 7) is 8.77. The molecule has 3 amide bonds. The number of hydrogen-bond donors (Lipinski definition) is 0. The number of ether oxygens (including phenoxy) is 1. The molecule has 6 heteroatoms. The number of benzene rings is 2. The molecular weight excluding hydrogens is 428 g/mol. The molecule has 0 spiro atoms. The average molecular weight is 459 g/mol. The first-order chi connectivity index (χ1) is 16.3. The maximum atomic E-state index is 12.6. The second-order valence-corrected chi connectivity index (χ2v) is 8.74. The molecule has 0 radical (unpaired) electrons.